The summed E-state index contributed by atoms with van der Waals surface area (Å²) in [7, 11) is 0. The first kappa shape index (κ1) is 15.7. The molecular weight excluding hydrogens is 304 g/mol. The van der Waals surface area contributed by atoms with Gasteiger partial charge in [-0.3, -0.25) is 0 Å². The number of nitrogens with one attached hydrogen (secondary N) is 2. The number of carbonyl (C=O) groups excluding carboxylic acids is 1. The molecule has 0 aliphatic rings. The molecule has 2 amide bonds. The summed E-state index contributed by atoms with van der Waals surface area (Å²) in [5, 5.41) is 9.51. The van der Waals surface area contributed by atoms with Gasteiger partial charge >= 0.3 is 6.03 Å². The largest absolute Gasteiger partial charge is 0.339 e. The van der Waals surface area contributed by atoms with Crippen molar-refractivity contribution in [3.05, 3.63) is 71.4 Å². The zero-order valence-corrected chi connectivity index (χ0v) is 13.5. The quantitative estimate of drug-likeness (QED) is 0.763. The molecule has 6 heteroatoms. The SMILES string of the molecule is Cc1noc(Cc2ccccc2NC(=O)Nc2ccccc2C)n1. The molecule has 0 unspecified atom stereocenters. The predicted molar refractivity (Wildman–Crippen MR) is 92.1 cm³/mol. The molecule has 0 radical (unpaired) electrons. The van der Waals surface area contributed by atoms with Crippen molar-refractivity contribution in [2.45, 2.75) is 20.3 Å². The van der Waals surface area contributed by atoms with Crippen molar-refractivity contribution in [2.75, 3.05) is 10.6 Å². The minimum atomic E-state index is -0.293. The molecule has 6 nitrogen and oxygen atoms in total. The van der Waals surface area contributed by atoms with E-state index < -0.39 is 0 Å². The second-order valence-corrected chi connectivity index (χ2v) is 5.46. The Hall–Kier alpha value is -3.15. The van der Waals surface area contributed by atoms with Gasteiger partial charge in [0.05, 0.1) is 6.42 Å². The number of nitrogens with zero attached hydrogens (tertiary/aromatic N) is 2. The molecule has 0 bridgehead atoms. The van der Waals surface area contributed by atoms with Gasteiger partial charge in [-0.25, -0.2) is 4.79 Å². The molecule has 0 saturated heterocycles. The molecule has 1 heterocycles. The highest BCUT2D eigenvalue weighted by molar-refractivity contribution is 6.00. The van der Waals surface area contributed by atoms with E-state index in [4.69, 9.17) is 4.52 Å². The molecule has 3 rings (SSSR count). The first-order chi connectivity index (χ1) is 11.6. The summed E-state index contributed by atoms with van der Waals surface area (Å²) in [6.07, 6.45) is 0.460. The summed E-state index contributed by atoms with van der Waals surface area (Å²) < 4.78 is 5.15. The molecule has 0 spiro atoms. The fraction of sp³-hybridized carbons (Fsp3) is 0.167. The van der Waals surface area contributed by atoms with Crippen LogP contribution in [0.4, 0.5) is 16.2 Å². The zero-order valence-electron chi connectivity index (χ0n) is 13.5. The second-order valence-electron chi connectivity index (χ2n) is 5.46. The number of aromatic nitrogens is 2. The molecule has 2 N–H and O–H groups in total. The van der Waals surface area contributed by atoms with Crippen molar-refractivity contribution < 1.29 is 9.32 Å². The third kappa shape index (κ3) is 3.78. The third-order valence-corrected chi connectivity index (χ3v) is 3.57. The van der Waals surface area contributed by atoms with E-state index in [1.54, 1.807) is 6.92 Å². The lowest BCUT2D eigenvalue weighted by molar-refractivity contribution is 0.262. The van der Waals surface area contributed by atoms with E-state index in [-0.39, 0.29) is 6.03 Å². The lowest BCUT2D eigenvalue weighted by Gasteiger charge is -2.12. The van der Waals surface area contributed by atoms with Gasteiger partial charge in [-0.2, -0.15) is 4.98 Å². The van der Waals surface area contributed by atoms with Crippen LogP contribution in [0.1, 0.15) is 22.8 Å². The number of urea groups is 1. The Kier molecular flexibility index (Phi) is 4.56. The van der Waals surface area contributed by atoms with Gasteiger partial charge in [-0.05, 0) is 37.1 Å². The Bertz CT molecular complexity index is 857. The monoisotopic (exact) mass is 322 g/mol. The van der Waals surface area contributed by atoms with Gasteiger partial charge in [0.2, 0.25) is 5.89 Å². The molecular formula is C18H18N4O2. The van der Waals surface area contributed by atoms with Gasteiger partial charge in [-0.15, -0.1) is 0 Å². The summed E-state index contributed by atoms with van der Waals surface area (Å²) in [6, 6.07) is 14.9. The van der Waals surface area contributed by atoms with Crippen LogP contribution in [0.5, 0.6) is 0 Å². The Morgan fingerprint density at radius 2 is 1.67 bits per heavy atom. The van der Waals surface area contributed by atoms with E-state index in [0.717, 1.165) is 16.8 Å². The summed E-state index contributed by atoms with van der Waals surface area (Å²) in [5.41, 5.74) is 3.39. The molecule has 122 valence electrons. The molecule has 0 aliphatic heterocycles. The fourth-order valence-electron chi connectivity index (χ4n) is 2.36. The highest BCUT2D eigenvalue weighted by atomic mass is 16.5. The van der Waals surface area contributed by atoms with Crippen molar-refractivity contribution in [2.24, 2.45) is 0 Å². The highest BCUT2D eigenvalue weighted by Gasteiger charge is 2.11. The standard InChI is InChI=1S/C18H18N4O2/c1-12-7-3-5-9-15(12)20-18(23)21-16-10-6-4-8-14(16)11-17-19-13(2)22-24-17/h3-10H,11H2,1-2H3,(H2,20,21,23). The van der Waals surface area contributed by atoms with Crippen molar-refractivity contribution >= 4 is 17.4 Å². The summed E-state index contributed by atoms with van der Waals surface area (Å²) in [4.78, 5) is 16.5. The van der Waals surface area contributed by atoms with Gasteiger partial charge in [0.15, 0.2) is 5.82 Å². The summed E-state index contributed by atoms with van der Waals surface area (Å²) in [5.74, 6) is 1.11. The number of amides is 2. The van der Waals surface area contributed by atoms with E-state index in [9.17, 15) is 4.79 Å². The smallest absolute Gasteiger partial charge is 0.323 e. The van der Waals surface area contributed by atoms with Crippen LogP contribution in [-0.2, 0) is 6.42 Å². The molecule has 1 aromatic heterocycles. The summed E-state index contributed by atoms with van der Waals surface area (Å²) >= 11 is 0. The van der Waals surface area contributed by atoms with Crippen LogP contribution in [0.15, 0.2) is 53.1 Å². The lowest BCUT2D eigenvalue weighted by Crippen LogP contribution is -2.20. The van der Waals surface area contributed by atoms with Crippen molar-refractivity contribution in [3.8, 4) is 0 Å². The number of carbonyl (C=O) groups is 1. The molecule has 0 aliphatic carbocycles. The Balaban J connectivity index is 1.73. The predicted octanol–water partition coefficient (Wildman–Crippen LogP) is 3.92. The number of anilines is 2. The number of rotatable bonds is 4. The summed E-state index contributed by atoms with van der Waals surface area (Å²) in [6.45, 7) is 3.72. The van der Waals surface area contributed by atoms with Gasteiger partial charge in [-0.1, -0.05) is 41.6 Å². The Morgan fingerprint density at radius 1 is 1.00 bits per heavy atom. The zero-order chi connectivity index (χ0) is 16.9. The topological polar surface area (TPSA) is 80.0 Å². The van der Waals surface area contributed by atoms with E-state index in [0.29, 0.717) is 23.8 Å². The van der Waals surface area contributed by atoms with Crippen molar-refractivity contribution in [1.82, 2.24) is 10.1 Å². The van der Waals surface area contributed by atoms with E-state index >= 15 is 0 Å². The lowest BCUT2D eigenvalue weighted by atomic mass is 10.1. The van der Waals surface area contributed by atoms with E-state index in [1.807, 2.05) is 55.5 Å². The van der Waals surface area contributed by atoms with Crippen LogP contribution in [0.25, 0.3) is 0 Å². The molecule has 2 aromatic carbocycles. The van der Waals surface area contributed by atoms with E-state index in [2.05, 4.69) is 20.8 Å². The fourth-order valence-corrected chi connectivity index (χ4v) is 2.36. The first-order valence-corrected chi connectivity index (χ1v) is 7.62. The van der Waals surface area contributed by atoms with Crippen molar-refractivity contribution in [1.29, 1.82) is 0 Å². The average molecular weight is 322 g/mol. The molecule has 24 heavy (non-hydrogen) atoms. The number of para-hydroxylation sites is 2. The first-order valence-electron chi connectivity index (χ1n) is 7.62. The van der Waals surface area contributed by atoms with Crippen LogP contribution in [0.2, 0.25) is 0 Å². The highest BCUT2D eigenvalue weighted by Crippen LogP contribution is 2.19. The number of benzene rings is 2. The third-order valence-electron chi connectivity index (χ3n) is 3.57. The molecule has 0 fully saturated rings. The van der Waals surface area contributed by atoms with Crippen LogP contribution in [0.3, 0.4) is 0 Å². The number of hydrogen-bond donors (Lipinski definition) is 2. The number of hydrogen-bond acceptors (Lipinski definition) is 4. The van der Waals surface area contributed by atoms with Gasteiger partial charge in [0, 0.05) is 11.4 Å². The average Bonchev–Trinajstić information content (AvgIpc) is 2.97. The maximum Gasteiger partial charge on any atom is 0.323 e. The minimum Gasteiger partial charge on any atom is -0.339 e. The molecule has 0 atom stereocenters. The Labute approximate surface area is 139 Å². The second kappa shape index (κ2) is 6.95. The van der Waals surface area contributed by atoms with Crippen LogP contribution in [-0.4, -0.2) is 16.2 Å². The maximum atomic E-state index is 12.3. The van der Waals surface area contributed by atoms with Gasteiger partial charge < -0.3 is 15.2 Å². The number of aryl methyl sites for hydroxylation is 2. The van der Waals surface area contributed by atoms with Crippen LogP contribution < -0.4 is 10.6 Å². The van der Waals surface area contributed by atoms with Crippen LogP contribution in [0, 0.1) is 13.8 Å². The Morgan fingerprint density at radius 3 is 2.38 bits per heavy atom. The maximum absolute atomic E-state index is 12.3. The van der Waals surface area contributed by atoms with Gasteiger partial charge in [0.25, 0.3) is 0 Å². The normalized spacial score (nSPS) is 10.4. The molecule has 3 aromatic rings. The van der Waals surface area contributed by atoms with E-state index in [1.165, 1.54) is 0 Å². The molecule has 0 saturated carbocycles. The van der Waals surface area contributed by atoms with Gasteiger partial charge in [0.1, 0.15) is 0 Å². The van der Waals surface area contributed by atoms with Crippen molar-refractivity contribution in [3.63, 3.8) is 0 Å². The minimum absolute atomic E-state index is 0.293. The van der Waals surface area contributed by atoms with Crippen LogP contribution >= 0.6 is 0 Å².